The molecule has 0 saturated heterocycles. The molecule has 2 aliphatic rings. The summed E-state index contributed by atoms with van der Waals surface area (Å²) in [5, 5.41) is 0. The Morgan fingerprint density at radius 3 is 1.92 bits per heavy atom. The molecular weight excluding hydrogens is 346 g/mol. The summed E-state index contributed by atoms with van der Waals surface area (Å²) in [5.41, 5.74) is 1.40. The van der Waals surface area contributed by atoms with Gasteiger partial charge in [-0.1, -0.05) is 75.5 Å². The summed E-state index contributed by atoms with van der Waals surface area (Å²) in [5.74, 6) is -0.572. The highest BCUT2D eigenvalue weighted by molar-refractivity contribution is 5.85. The van der Waals surface area contributed by atoms with E-state index in [1.165, 1.54) is 76.2 Å². The maximum atomic E-state index is 5.61. The normalized spacial score (nSPS) is 22.8. The zero-order valence-electron chi connectivity index (χ0n) is 17.2. The Labute approximate surface area is 167 Å². The molecule has 0 N–H and O–H groups in total. The molecule has 2 aliphatic carbocycles. The number of rotatable bonds is 5. The van der Waals surface area contributed by atoms with Gasteiger partial charge < -0.3 is 9.47 Å². The molecule has 152 valence electrons. The maximum absolute atomic E-state index is 5.61. The van der Waals surface area contributed by atoms with E-state index in [0.717, 1.165) is 13.0 Å². The Morgan fingerprint density at radius 1 is 0.923 bits per heavy atom. The van der Waals surface area contributed by atoms with Gasteiger partial charge in [-0.3, -0.25) is 4.90 Å². The van der Waals surface area contributed by atoms with Gasteiger partial charge in [-0.05, 0) is 26.0 Å². The smallest absolute Gasteiger partial charge is 0.191 e. The molecule has 26 heavy (non-hydrogen) atoms. The number of hydrogen-bond acceptors (Lipinski definition) is 3. The van der Waals surface area contributed by atoms with Gasteiger partial charge in [0.2, 0.25) is 0 Å². The minimum Gasteiger partial charge on any atom is -0.349 e. The largest absolute Gasteiger partial charge is 0.349 e. The van der Waals surface area contributed by atoms with Gasteiger partial charge in [0, 0.05) is 33.2 Å². The summed E-state index contributed by atoms with van der Waals surface area (Å²) < 4.78 is 11.2. The number of likely N-dealkylation sites (N-methyl/N-ethyl adjacent to an activating group) is 1. The molecule has 0 radical (unpaired) electrons. The Kier molecular flexibility index (Phi) is 11.8. The third-order valence-electron chi connectivity index (χ3n) is 6.00. The molecule has 0 spiro atoms. The second-order valence-electron chi connectivity index (χ2n) is 7.91. The van der Waals surface area contributed by atoms with E-state index in [0.29, 0.717) is 6.04 Å². The van der Waals surface area contributed by atoms with Crippen LogP contribution in [0.25, 0.3) is 0 Å². The Balaban J connectivity index is 0.00000338. The van der Waals surface area contributed by atoms with Gasteiger partial charge in [-0.25, -0.2) is 0 Å². The van der Waals surface area contributed by atoms with Crippen LogP contribution in [-0.4, -0.2) is 44.5 Å². The predicted molar refractivity (Wildman–Crippen MR) is 113 cm³/mol. The highest BCUT2D eigenvalue weighted by atomic mass is 35.5. The van der Waals surface area contributed by atoms with Crippen molar-refractivity contribution in [1.82, 2.24) is 4.90 Å². The first kappa shape index (κ1) is 23.7. The van der Waals surface area contributed by atoms with Crippen molar-refractivity contribution in [1.29, 1.82) is 0 Å². The summed E-state index contributed by atoms with van der Waals surface area (Å²) in [7, 11) is 5.76. The van der Waals surface area contributed by atoms with Gasteiger partial charge in [0.1, 0.15) is 0 Å². The molecule has 0 aromatic carbocycles. The molecule has 1 saturated carbocycles. The molecule has 0 heterocycles. The van der Waals surface area contributed by atoms with Crippen LogP contribution in [0.3, 0.4) is 0 Å². The summed E-state index contributed by atoms with van der Waals surface area (Å²) in [6.45, 7) is 1.02. The van der Waals surface area contributed by atoms with Crippen LogP contribution in [0.2, 0.25) is 0 Å². The van der Waals surface area contributed by atoms with Crippen molar-refractivity contribution in [2.75, 3.05) is 27.8 Å². The van der Waals surface area contributed by atoms with Crippen molar-refractivity contribution >= 4 is 12.4 Å². The van der Waals surface area contributed by atoms with E-state index in [4.69, 9.17) is 9.47 Å². The number of hydrogen-bond donors (Lipinski definition) is 0. The van der Waals surface area contributed by atoms with Crippen LogP contribution in [0.15, 0.2) is 23.8 Å². The van der Waals surface area contributed by atoms with Crippen molar-refractivity contribution in [2.45, 2.75) is 88.9 Å². The zero-order chi connectivity index (χ0) is 18.0. The molecular formula is C22H40ClNO2. The molecule has 0 aromatic heterocycles. The summed E-state index contributed by atoms with van der Waals surface area (Å²) >= 11 is 0. The molecule has 2 rings (SSSR count). The fraction of sp³-hybridized carbons (Fsp3) is 0.818. The van der Waals surface area contributed by atoms with Crippen molar-refractivity contribution in [3.63, 3.8) is 0 Å². The van der Waals surface area contributed by atoms with Crippen LogP contribution < -0.4 is 0 Å². The lowest BCUT2D eigenvalue weighted by Gasteiger charge is -2.34. The molecule has 0 amide bonds. The number of methoxy groups -OCH3 is 2. The minimum absolute atomic E-state index is 0. The number of halogens is 1. The average Bonchev–Trinajstić information content (AvgIpc) is 2.62. The lowest BCUT2D eigenvalue weighted by atomic mass is 9.95. The fourth-order valence-corrected chi connectivity index (χ4v) is 4.27. The standard InChI is InChI=1S/C22H39NO2.ClH/c1-23(19-20-14-13-17-22(18-20,24-2)25-3)21-15-11-9-7-5-4-6-8-10-12-16-21;/h13-14,17,21H,4-12,15-16,18-19H2,1-3H3;1H. The van der Waals surface area contributed by atoms with Crippen molar-refractivity contribution < 1.29 is 9.47 Å². The SMILES string of the molecule is COC1(OC)C=CC=C(CN(C)C2CCCCCCCCCCC2)C1.Cl. The fourth-order valence-electron chi connectivity index (χ4n) is 4.27. The van der Waals surface area contributed by atoms with E-state index in [1.54, 1.807) is 14.2 Å². The molecule has 0 aromatic rings. The molecule has 4 heteroatoms. The van der Waals surface area contributed by atoms with Crippen LogP contribution in [0.1, 0.15) is 77.0 Å². The Bertz CT molecular complexity index is 420. The summed E-state index contributed by atoms with van der Waals surface area (Å²) in [6.07, 6.45) is 22.6. The van der Waals surface area contributed by atoms with E-state index >= 15 is 0 Å². The number of nitrogens with zero attached hydrogens (tertiary/aromatic N) is 1. The molecule has 0 bridgehead atoms. The van der Waals surface area contributed by atoms with Gasteiger partial charge in [0.15, 0.2) is 5.79 Å². The third kappa shape index (κ3) is 7.72. The second kappa shape index (κ2) is 12.9. The Morgan fingerprint density at radius 2 is 1.42 bits per heavy atom. The van der Waals surface area contributed by atoms with Crippen LogP contribution in [0.4, 0.5) is 0 Å². The Hall–Kier alpha value is -0.350. The van der Waals surface area contributed by atoms with E-state index in [2.05, 4.69) is 24.1 Å². The van der Waals surface area contributed by atoms with E-state index < -0.39 is 5.79 Å². The highest BCUT2D eigenvalue weighted by Gasteiger charge is 2.30. The second-order valence-corrected chi connectivity index (χ2v) is 7.91. The van der Waals surface area contributed by atoms with Crippen molar-refractivity contribution in [3.05, 3.63) is 23.8 Å². The number of allylic oxidation sites excluding steroid dienone is 2. The van der Waals surface area contributed by atoms with Gasteiger partial charge >= 0.3 is 0 Å². The van der Waals surface area contributed by atoms with Crippen molar-refractivity contribution in [3.8, 4) is 0 Å². The van der Waals surface area contributed by atoms with Gasteiger partial charge in [-0.15, -0.1) is 12.4 Å². The van der Waals surface area contributed by atoms with Gasteiger partial charge in [-0.2, -0.15) is 0 Å². The average molecular weight is 386 g/mol. The topological polar surface area (TPSA) is 21.7 Å². The van der Waals surface area contributed by atoms with Crippen LogP contribution in [-0.2, 0) is 9.47 Å². The monoisotopic (exact) mass is 385 g/mol. The molecule has 1 fully saturated rings. The van der Waals surface area contributed by atoms with Crippen LogP contribution in [0, 0.1) is 0 Å². The maximum Gasteiger partial charge on any atom is 0.191 e. The highest BCUT2D eigenvalue weighted by Crippen LogP contribution is 2.28. The van der Waals surface area contributed by atoms with Crippen LogP contribution in [0.5, 0.6) is 0 Å². The third-order valence-corrected chi connectivity index (χ3v) is 6.00. The first-order valence-electron chi connectivity index (χ1n) is 10.4. The summed E-state index contributed by atoms with van der Waals surface area (Å²) in [4.78, 5) is 2.58. The van der Waals surface area contributed by atoms with E-state index in [1.807, 2.05) is 6.08 Å². The van der Waals surface area contributed by atoms with Gasteiger partial charge in [0.25, 0.3) is 0 Å². The van der Waals surface area contributed by atoms with Gasteiger partial charge in [0.05, 0.1) is 0 Å². The lowest BCUT2D eigenvalue weighted by molar-refractivity contribution is -0.169. The first-order chi connectivity index (χ1) is 12.2. The molecule has 0 unspecified atom stereocenters. The molecule has 0 atom stereocenters. The minimum atomic E-state index is -0.572. The summed E-state index contributed by atoms with van der Waals surface area (Å²) in [6, 6.07) is 0.714. The van der Waals surface area contributed by atoms with E-state index in [-0.39, 0.29) is 12.4 Å². The number of ether oxygens (including phenoxy) is 2. The predicted octanol–water partition coefficient (Wildman–Crippen LogP) is 5.89. The van der Waals surface area contributed by atoms with E-state index in [9.17, 15) is 0 Å². The van der Waals surface area contributed by atoms with Crippen molar-refractivity contribution in [2.24, 2.45) is 0 Å². The quantitative estimate of drug-likeness (QED) is 0.551. The van der Waals surface area contributed by atoms with Crippen LogP contribution >= 0.6 is 12.4 Å². The molecule has 3 nitrogen and oxygen atoms in total. The first-order valence-corrected chi connectivity index (χ1v) is 10.4. The zero-order valence-corrected chi connectivity index (χ0v) is 18.0. The molecule has 0 aliphatic heterocycles. The lowest BCUT2D eigenvalue weighted by Crippen LogP contribution is -2.38.